The van der Waals surface area contributed by atoms with Crippen molar-refractivity contribution in [2.75, 3.05) is 0 Å². The zero-order chi connectivity index (χ0) is 7.84. The average molecular weight is 147 g/mol. The fourth-order valence-electron chi connectivity index (χ4n) is 1.11. The molecule has 0 N–H and O–H groups in total. The Morgan fingerprint density at radius 1 is 1.36 bits per heavy atom. The second-order valence-corrected chi connectivity index (χ2v) is 2.57. The molecule has 0 aromatic carbocycles. The standard InChI is InChI=1S/C8H9N3/c1-6-7(2)11-5-3-4-9-8(11)10-6/h3-5H,1-2H3. The predicted octanol–water partition coefficient (Wildman–Crippen LogP) is 1.35. The predicted molar refractivity (Wildman–Crippen MR) is 42.5 cm³/mol. The Bertz CT molecular complexity index is 389. The number of aryl methyl sites for hydroxylation is 2. The highest BCUT2D eigenvalue weighted by Gasteiger charge is 2.01. The van der Waals surface area contributed by atoms with E-state index >= 15 is 0 Å². The van der Waals surface area contributed by atoms with Crippen molar-refractivity contribution in [2.24, 2.45) is 0 Å². The van der Waals surface area contributed by atoms with E-state index in [1.54, 1.807) is 6.20 Å². The largest absolute Gasteiger partial charge is 0.288 e. The monoisotopic (exact) mass is 147 g/mol. The van der Waals surface area contributed by atoms with Crippen LogP contribution >= 0.6 is 0 Å². The highest BCUT2D eigenvalue weighted by molar-refractivity contribution is 5.33. The van der Waals surface area contributed by atoms with Gasteiger partial charge in [0, 0.05) is 18.1 Å². The normalized spacial score (nSPS) is 10.7. The Kier molecular flexibility index (Phi) is 1.18. The van der Waals surface area contributed by atoms with E-state index in [1.165, 1.54) is 0 Å². The SMILES string of the molecule is Cc1nc2ncccn2c1C. The number of nitrogens with zero attached hydrogens (tertiary/aromatic N) is 3. The summed E-state index contributed by atoms with van der Waals surface area (Å²) in [6.45, 7) is 4.03. The summed E-state index contributed by atoms with van der Waals surface area (Å²) < 4.78 is 1.98. The molecule has 2 heterocycles. The zero-order valence-corrected chi connectivity index (χ0v) is 6.57. The molecule has 0 saturated heterocycles. The van der Waals surface area contributed by atoms with E-state index in [4.69, 9.17) is 0 Å². The van der Waals surface area contributed by atoms with E-state index in [9.17, 15) is 0 Å². The molecule has 0 atom stereocenters. The molecule has 0 fully saturated rings. The molecule has 0 unspecified atom stereocenters. The molecule has 0 aliphatic carbocycles. The summed E-state index contributed by atoms with van der Waals surface area (Å²) in [7, 11) is 0. The molecule has 3 nitrogen and oxygen atoms in total. The van der Waals surface area contributed by atoms with Gasteiger partial charge in [0.05, 0.1) is 5.69 Å². The lowest BCUT2D eigenvalue weighted by Gasteiger charge is -1.91. The molecule has 0 saturated carbocycles. The summed E-state index contributed by atoms with van der Waals surface area (Å²) in [6.07, 6.45) is 3.72. The van der Waals surface area contributed by atoms with E-state index < -0.39 is 0 Å². The van der Waals surface area contributed by atoms with Gasteiger partial charge in [-0.25, -0.2) is 9.97 Å². The molecular formula is C8H9N3. The van der Waals surface area contributed by atoms with E-state index in [0.29, 0.717) is 0 Å². The highest BCUT2D eigenvalue weighted by Crippen LogP contribution is 2.06. The third kappa shape index (κ3) is 0.808. The third-order valence-electron chi connectivity index (χ3n) is 1.88. The van der Waals surface area contributed by atoms with Gasteiger partial charge in [0.2, 0.25) is 5.78 Å². The molecule has 11 heavy (non-hydrogen) atoms. The van der Waals surface area contributed by atoms with Gasteiger partial charge in [-0.3, -0.25) is 4.40 Å². The quantitative estimate of drug-likeness (QED) is 0.563. The Morgan fingerprint density at radius 2 is 2.18 bits per heavy atom. The Labute approximate surface area is 64.7 Å². The van der Waals surface area contributed by atoms with Crippen molar-refractivity contribution >= 4 is 5.78 Å². The van der Waals surface area contributed by atoms with Gasteiger partial charge in [-0.1, -0.05) is 0 Å². The molecule has 0 spiro atoms. The van der Waals surface area contributed by atoms with Gasteiger partial charge in [0.1, 0.15) is 0 Å². The number of imidazole rings is 1. The summed E-state index contributed by atoms with van der Waals surface area (Å²) in [6, 6.07) is 1.90. The lowest BCUT2D eigenvalue weighted by Crippen LogP contribution is -1.87. The first kappa shape index (κ1) is 6.34. The van der Waals surface area contributed by atoms with Crippen LogP contribution in [0.5, 0.6) is 0 Å². The van der Waals surface area contributed by atoms with Crippen molar-refractivity contribution in [1.82, 2.24) is 14.4 Å². The molecule has 0 amide bonds. The van der Waals surface area contributed by atoms with Crippen LogP contribution in [-0.2, 0) is 0 Å². The molecular weight excluding hydrogens is 138 g/mol. The van der Waals surface area contributed by atoms with Gasteiger partial charge in [0.15, 0.2) is 0 Å². The first-order valence-electron chi connectivity index (χ1n) is 3.55. The molecule has 56 valence electrons. The first-order valence-corrected chi connectivity index (χ1v) is 3.55. The minimum absolute atomic E-state index is 0.780. The summed E-state index contributed by atoms with van der Waals surface area (Å²) in [5.74, 6) is 0.780. The summed E-state index contributed by atoms with van der Waals surface area (Å²) in [5, 5.41) is 0. The number of fused-ring (bicyclic) bond motifs is 1. The van der Waals surface area contributed by atoms with Crippen LogP contribution in [0.2, 0.25) is 0 Å². The molecule has 0 aliphatic rings. The van der Waals surface area contributed by atoms with Gasteiger partial charge in [0.25, 0.3) is 0 Å². The van der Waals surface area contributed by atoms with Crippen LogP contribution in [-0.4, -0.2) is 14.4 Å². The molecule has 3 heteroatoms. The highest BCUT2D eigenvalue weighted by atomic mass is 15.1. The van der Waals surface area contributed by atoms with Crippen molar-refractivity contribution in [1.29, 1.82) is 0 Å². The van der Waals surface area contributed by atoms with Crippen LogP contribution in [0.1, 0.15) is 11.4 Å². The van der Waals surface area contributed by atoms with Crippen molar-refractivity contribution in [3.05, 3.63) is 29.8 Å². The Morgan fingerprint density at radius 3 is 2.91 bits per heavy atom. The second-order valence-electron chi connectivity index (χ2n) is 2.57. The van der Waals surface area contributed by atoms with Crippen molar-refractivity contribution < 1.29 is 0 Å². The van der Waals surface area contributed by atoms with Crippen LogP contribution in [0.4, 0.5) is 0 Å². The Hall–Kier alpha value is -1.38. The molecule has 2 rings (SSSR count). The minimum atomic E-state index is 0.780. The third-order valence-corrected chi connectivity index (χ3v) is 1.88. The molecule has 0 aliphatic heterocycles. The molecule has 2 aromatic rings. The van der Waals surface area contributed by atoms with E-state index in [0.717, 1.165) is 17.2 Å². The number of aromatic nitrogens is 3. The summed E-state index contributed by atoms with van der Waals surface area (Å²) in [5.41, 5.74) is 2.21. The van der Waals surface area contributed by atoms with Gasteiger partial charge < -0.3 is 0 Å². The van der Waals surface area contributed by atoms with Crippen molar-refractivity contribution in [3.63, 3.8) is 0 Å². The smallest absolute Gasteiger partial charge is 0.234 e. The maximum atomic E-state index is 4.26. The lowest BCUT2D eigenvalue weighted by atomic mass is 10.4. The molecule has 2 aromatic heterocycles. The fraction of sp³-hybridized carbons (Fsp3) is 0.250. The number of hydrogen-bond acceptors (Lipinski definition) is 2. The Balaban J connectivity index is 2.92. The van der Waals surface area contributed by atoms with Gasteiger partial charge >= 0.3 is 0 Å². The summed E-state index contributed by atoms with van der Waals surface area (Å²) >= 11 is 0. The van der Waals surface area contributed by atoms with Crippen LogP contribution in [0.15, 0.2) is 18.5 Å². The lowest BCUT2D eigenvalue weighted by molar-refractivity contribution is 1.06. The number of hydrogen-bond donors (Lipinski definition) is 0. The van der Waals surface area contributed by atoms with Crippen LogP contribution in [0.3, 0.4) is 0 Å². The first-order chi connectivity index (χ1) is 5.29. The maximum absolute atomic E-state index is 4.26. The van der Waals surface area contributed by atoms with E-state index in [1.807, 2.05) is 30.5 Å². The van der Waals surface area contributed by atoms with Gasteiger partial charge in [-0.15, -0.1) is 0 Å². The number of rotatable bonds is 0. The van der Waals surface area contributed by atoms with Crippen molar-refractivity contribution in [2.45, 2.75) is 13.8 Å². The minimum Gasteiger partial charge on any atom is -0.288 e. The van der Waals surface area contributed by atoms with Crippen LogP contribution in [0.25, 0.3) is 5.78 Å². The second kappa shape index (κ2) is 2.05. The van der Waals surface area contributed by atoms with E-state index in [2.05, 4.69) is 9.97 Å². The van der Waals surface area contributed by atoms with E-state index in [-0.39, 0.29) is 0 Å². The van der Waals surface area contributed by atoms with Gasteiger partial charge in [-0.05, 0) is 19.9 Å². The average Bonchev–Trinajstić information content (AvgIpc) is 2.30. The maximum Gasteiger partial charge on any atom is 0.234 e. The van der Waals surface area contributed by atoms with Crippen LogP contribution < -0.4 is 0 Å². The van der Waals surface area contributed by atoms with Crippen molar-refractivity contribution in [3.8, 4) is 0 Å². The zero-order valence-electron chi connectivity index (χ0n) is 6.57. The fourth-order valence-corrected chi connectivity index (χ4v) is 1.11. The van der Waals surface area contributed by atoms with Crippen LogP contribution in [0, 0.1) is 13.8 Å². The topological polar surface area (TPSA) is 30.2 Å². The molecule has 0 radical (unpaired) electrons. The summed E-state index contributed by atoms with van der Waals surface area (Å²) in [4.78, 5) is 8.38. The van der Waals surface area contributed by atoms with Gasteiger partial charge in [-0.2, -0.15) is 0 Å². The molecule has 0 bridgehead atoms.